The summed E-state index contributed by atoms with van der Waals surface area (Å²) < 4.78 is 0. The number of amides is 2. The summed E-state index contributed by atoms with van der Waals surface area (Å²) in [6, 6.07) is 21.0. The Kier molecular flexibility index (Phi) is 4.75. The zero-order valence-electron chi connectivity index (χ0n) is 15.3. The molecule has 6 heteroatoms. The van der Waals surface area contributed by atoms with Crippen molar-refractivity contribution in [3.63, 3.8) is 0 Å². The van der Waals surface area contributed by atoms with Gasteiger partial charge in [0.25, 0.3) is 11.8 Å². The van der Waals surface area contributed by atoms with Crippen LogP contribution in [0.2, 0.25) is 0 Å². The van der Waals surface area contributed by atoms with Crippen LogP contribution in [0.3, 0.4) is 0 Å². The van der Waals surface area contributed by atoms with Crippen molar-refractivity contribution in [1.82, 2.24) is 10.6 Å². The van der Waals surface area contributed by atoms with Gasteiger partial charge in [0.2, 0.25) is 0 Å². The second kappa shape index (κ2) is 7.52. The Morgan fingerprint density at radius 2 is 0.966 bits per heavy atom. The topological polar surface area (TPSA) is 98.7 Å². The fourth-order valence-electron chi connectivity index (χ4n) is 3.22. The first-order valence-electron chi connectivity index (χ1n) is 9.03. The molecule has 0 heterocycles. The van der Waals surface area contributed by atoms with Crippen molar-refractivity contribution < 1.29 is 19.8 Å². The summed E-state index contributed by atoms with van der Waals surface area (Å²) in [6.45, 7) is -0.157. The quantitative estimate of drug-likeness (QED) is 0.403. The lowest BCUT2D eigenvalue weighted by Crippen LogP contribution is -2.37. The molecular weight excluding hydrogens is 368 g/mol. The van der Waals surface area contributed by atoms with Gasteiger partial charge in [0.15, 0.2) is 0 Å². The number of carbonyl (C=O) groups excluding carboxylic acids is 2. The Bertz CT molecular complexity index is 1150. The Morgan fingerprint density at radius 1 is 0.621 bits per heavy atom. The molecule has 0 aliphatic rings. The highest BCUT2D eigenvalue weighted by Crippen LogP contribution is 2.26. The van der Waals surface area contributed by atoms with Crippen LogP contribution < -0.4 is 10.6 Å². The molecule has 0 saturated heterocycles. The molecule has 0 bridgehead atoms. The zero-order valence-corrected chi connectivity index (χ0v) is 15.3. The maximum absolute atomic E-state index is 12.4. The van der Waals surface area contributed by atoms with E-state index >= 15 is 0 Å². The van der Waals surface area contributed by atoms with E-state index in [2.05, 4.69) is 10.6 Å². The molecule has 29 heavy (non-hydrogen) atoms. The van der Waals surface area contributed by atoms with E-state index in [-0.39, 0.29) is 29.3 Å². The molecule has 4 aromatic rings. The predicted molar refractivity (Wildman–Crippen MR) is 111 cm³/mol. The Balaban J connectivity index is 1.45. The van der Waals surface area contributed by atoms with Gasteiger partial charge in [0.1, 0.15) is 11.5 Å². The second-order valence-corrected chi connectivity index (χ2v) is 6.62. The first kappa shape index (κ1) is 18.3. The van der Waals surface area contributed by atoms with Crippen LogP contribution in [0.15, 0.2) is 72.8 Å². The number of aromatic hydroxyl groups is 2. The van der Waals surface area contributed by atoms with E-state index in [1.165, 1.54) is 12.1 Å². The van der Waals surface area contributed by atoms with Crippen molar-refractivity contribution in [2.24, 2.45) is 0 Å². The van der Waals surface area contributed by atoms with Gasteiger partial charge in [-0.25, -0.2) is 0 Å². The third-order valence-corrected chi connectivity index (χ3v) is 4.72. The first-order valence-corrected chi connectivity index (χ1v) is 9.03. The van der Waals surface area contributed by atoms with Crippen LogP contribution >= 0.6 is 0 Å². The van der Waals surface area contributed by atoms with Crippen molar-refractivity contribution in [3.8, 4) is 11.5 Å². The van der Waals surface area contributed by atoms with Gasteiger partial charge in [-0.15, -0.1) is 0 Å². The molecule has 4 N–H and O–H groups in total. The SMILES string of the molecule is O=C(NCNC(=O)c1cc2ccccc2cc1O)c1cc2ccccc2cc1O. The molecule has 0 aliphatic heterocycles. The molecule has 144 valence electrons. The molecule has 0 spiro atoms. The predicted octanol–water partition coefficient (Wildman–Crippen LogP) is 3.52. The largest absolute Gasteiger partial charge is 0.507 e. The number of hydrogen-bond donors (Lipinski definition) is 4. The molecule has 0 aromatic heterocycles. The van der Waals surface area contributed by atoms with Crippen LogP contribution in [-0.2, 0) is 0 Å². The minimum atomic E-state index is -0.517. The molecule has 0 fully saturated rings. The number of carbonyl (C=O) groups is 2. The highest BCUT2D eigenvalue weighted by Gasteiger charge is 2.15. The van der Waals surface area contributed by atoms with E-state index in [0.29, 0.717) is 0 Å². The van der Waals surface area contributed by atoms with Crippen LogP contribution in [0.4, 0.5) is 0 Å². The number of rotatable bonds is 4. The van der Waals surface area contributed by atoms with Crippen LogP contribution in [-0.4, -0.2) is 28.7 Å². The van der Waals surface area contributed by atoms with E-state index in [1.54, 1.807) is 12.1 Å². The normalized spacial score (nSPS) is 10.8. The van der Waals surface area contributed by atoms with Crippen molar-refractivity contribution in [2.45, 2.75) is 0 Å². The Labute approximate surface area is 166 Å². The number of phenolic OH excluding ortho intramolecular Hbond substituents is 2. The van der Waals surface area contributed by atoms with E-state index < -0.39 is 11.8 Å². The highest BCUT2D eigenvalue weighted by atomic mass is 16.3. The van der Waals surface area contributed by atoms with Gasteiger partial charge in [-0.05, 0) is 45.8 Å². The maximum atomic E-state index is 12.4. The van der Waals surface area contributed by atoms with Crippen molar-refractivity contribution >= 4 is 33.4 Å². The average molecular weight is 386 g/mol. The smallest absolute Gasteiger partial charge is 0.256 e. The number of fused-ring (bicyclic) bond motifs is 2. The summed E-state index contributed by atoms with van der Waals surface area (Å²) in [5.74, 6) is -1.31. The molecule has 0 atom stereocenters. The minimum absolute atomic E-state index is 0.117. The van der Waals surface area contributed by atoms with Crippen LogP contribution in [0.25, 0.3) is 21.5 Å². The van der Waals surface area contributed by atoms with Gasteiger partial charge in [-0.1, -0.05) is 48.5 Å². The number of nitrogens with one attached hydrogen (secondary N) is 2. The van der Waals surface area contributed by atoms with Gasteiger partial charge >= 0.3 is 0 Å². The molecule has 6 nitrogen and oxygen atoms in total. The molecule has 0 aliphatic carbocycles. The molecule has 0 unspecified atom stereocenters. The van der Waals surface area contributed by atoms with Crippen molar-refractivity contribution in [1.29, 1.82) is 0 Å². The van der Waals surface area contributed by atoms with Crippen LogP contribution in [0, 0.1) is 0 Å². The van der Waals surface area contributed by atoms with E-state index in [9.17, 15) is 19.8 Å². The summed E-state index contributed by atoms with van der Waals surface area (Å²) in [4.78, 5) is 24.8. The number of benzene rings is 4. The molecule has 4 aromatic carbocycles. The van der Waals surface area contributed by atoms with Gasteiger partial charge < -0.3 is 20.8 Å². The summed E-state index contributed by atoms with van der Waals surface area (Å²) in [6.07, 6.45) is 0. The summed E-state index contributed by atoms with van der Waals surface area (Å²) in [5.41, 5.74) is 0.234. The molecule has 4 rings (SSSR count). The van der Waals surface area contributed by atoms with E-state index in [1.807, 2.05) is 48.5 Å². The number of hydrogen-bond acceptors (Lipinski definition) is 4. The Morgan fingerprint density at radius 3 is 1.34 bits per heavy atom. The third kappa shape index (κ3) is 3.68. The minimum Gasteiger partial charge on any atom is -0.507 e. The standard InChI is InChI=1S/C23H18N2O4/c26-20-11-16-7-3-1-5-14(16)9-18(20)22(28)24-13-25-23(29)19-10-15-6-2-4-8-17(15)12-21(19)27/h1-12,26-27H,13H2,(H,24,28)(H,25,29). The zero-order chi connectivity index (χ0) is 20.4. The van der Waals surface area contributed by atoms with Gasteiger partial charge in [-0.3, -0.25) is 9.59 Å². The van der Waals surface area contributed by atoms with E-state index in [0.717, 1.165) is 21.5 Å². The fraction of sp³-hybridized carbons (Fsp3) is 0.0435. The third-order valence-electron chi connectivity index (χ3n) is 4.72. The molecule has 2 amide bonds. The lowest BCUT2D eigenvalue weighted by atomic mass is 10.1. The van der Waals surface area contributed by atoms with Gasteiger partial charge in [-0.2, -0.15) is 0 Å². The van der Waals surface area contributed by atoms with Crippen LogP contribution in [0.1, 0.15) is 20.7 Å². The molecule has 0 radical (unpaired) electrons. The lowest BCUT2D eigenvalue weighted by Gasteiger charge is -2.11. The van der Waals surface area contributed by atoms with Crippen LogP contribution in [0.5, 0.6) is 11.5 Å². The lowest BCUT2D eigenvalue weighted by molar-refractivity contribution is 0.0918. The van der Waals surface area contributed by atoms with Crippen molar-refractivity contribution in [2.75, 3.05) is 6.67 Å². The van der Waals surface area contributed by atoms with E-state index in [4.69, 9.17) is 0 Å². The summed E-state index contributed by atoms with van der Waals surface area (Å²) in [7, 11) is 0. The average Bonchev–Trinajstić information content (AvgIpc) is 2.72. The van der Waals surface area contributed by atoms with Gasteiger partial charge in [0.05, 0.1) is 17.8 Å². The Hall–Kier alpha value is -4.06. The fourth-order valence-corrected chi connectivity index (χ4v) is 3.22. The molecule has 0 saturated carbocycles. The summed E-state index contributed by atoms with van der Waals surface area (Å²) in [5, 5.41) is 28.6. The first-order chi connectivity index (χ1) is 14.0. The summed E-state index contributed by atoms with van der Waals surface area (Å²) >= 11 is 0. The maximum Gasteiger partial charge on any atom is 0.256 e. The van der Waals surface area contributed by atoms with Crippen molar-refractivity contribution in [3.05, 3.63) is 83.9 Å². The molecular formula is C23H18N2O4. The second-order valence-electron chi connectivity index (χ2n) is 6.62. The highest BCUT2D eigenvalue weighted by molar-refractivity contribution is 6.03. The monoisotopic (exact) mass is 386 g/mol. The van der Waals surface area contributed by atoms with Gasteiger partial charge in [0, 0.05) is 0 Å². The number of phenols is 2.